The minimum absolute atomic E-state index is 0.107. The maximum atomic E-state index is 10.9. The first kappa shape index (κ1) is 8.99. The first-order valence-electron chi connectivity index (χ1n) is 3.70. The number of primary amides is 1. The molecule has 0 aromatic heterocycles. The summed E-state index contributed by atoms with van der Waals surface area (Å²) in [5.74, 6) is -0.781. The Hall–Kier alpha value is -1.10. The number of morpholine rings is 1. The first-order valence-corrected chi connectivity index (χ1v) is 3.70. The summed E-state index contributed by atoms with van der Waals surface area (Å²) < 4.78 is 5.06. The van der Waals surface area contributed by atoms with E-state index in [2.05, 4.69) is 5.32 Å². The summed E-state index contributed by atoms with van der Waals surface area (Å²) in [5, 5.41) is 2.59. The van der Waals surface area contributed by atoms with E-state index in [1.54, 1.807) is 13.8 Å². The molecule has 1 heterocycles. The maximum Gasteiger partial charge on any atom is 0.251 e. The molecule has 0 aliphatic carbocycles. The van der Waals surface area contributed by atoms with E-state index in [9.17, 15) is 9.59 Å². The SMILES string of the molecule is CC1NC(=O)COC1(C)C(N)=O. The lowest BCUT2D eigenvalue weighted by Crippen LogP contribution is -2.63. The lowest BCUT2D eigenvalue weighted by molar-refractivity contribution is -0.160. The lowest BCUT2D eigenvalue weighted by atomic mass is 9.95. The molecule has 0 radical (unpaired) electrons. The van der Waals surface area contributed by atoms with E-state index in [0.29, 0.717) is 0 Å². The molecule has 1 fully saturated rings. The molecule has 2 unspecified atom stereocenters. The minimum Gasteiger partial charge on any atom is -0.367 e. The lowest BCUT2D eigenvalue weighted by Gasteiger charge is -2.36. The van der Waals surface area contributed by atoms with Crippen molar-refractivity contribution < 1.29 is 14.3 Å². The molecule has 12 heavy (non-hydrogen) atoms. The van der Waals surface area contributed by atoms with Crippen molar-refractivity contribution in [3.63, 3.8) is 0 Å². The van der Waals surface area contributed by atoms with Crippen LogP contribution in [-0.2, 0) is 14.3 Å². The van der Waals surface area contributed by atoms with Crippen LogP contribution in [0.25, 0.3) is 0 Å². The normalized spacial score (nSPS) is 35.8. The predicted octanol–water partition coefficient (Wildman–Crippen LogP) is -1.23. The first-order chi connectivity index (χ1) is 5.47. The van der Waals surface area contributed by atoms with Crippen molar-refractivity contribution in [2.24, 2.45) is 5.73 Å². The molecule has 0 aromatic rings. The monoisotopic (exact) mass is 172 g/mol. The van der Waals surface area contributed by atoms with Crippen molar-refractivity contribution in [1.29, 1.82) is 0 Å². The van der Waals surface area contributed by atoms with Crippen LogP contribution in [0.4, 0.5) is 0 Å². The summed E-state index contributed by atoms with van der Waals surface area (Å²) in [6.45, 7) is 3.14. The highest BCUT2D eigenvalue weighted by molar-refractivity contribution is 5.87. The second-order valence-electron chi connectivity index (χ2n) is 3.05. The Balaban J connectivity index is 2.79. The maximum absolute atomic E-state index is 10.9. The van der Waals surface area contributed by atoms with Crippen LogP contribution in [0.3, 0.4) is 0 Å². The second kappa shape index (κ2) is 2.75. The van der Waals surface area contributed by atoms with Crippen LogP contribution in [0.1, 0.15) is 13.8 Å². The predicted molar refractivity (Wildman–Crippen MR) is 41.2 cm³/mol. The van der Waals surface area contributed by atoms with Crippen molar-refractivity contribution in [3.8, 4) is 0 Å². The molecule has 0 aromatic carbocycles. The highest BCUT2D eigenvalue weighted by Gasteiger charge is 2.42. The molecule has 1 aliphatic rings. The van der Waals surface area contributed by atoms with Crippen molar-refractivity contribution in [3.05, 3.63) is 0 Å². The third-order valence-corrected chi connectivity index (χ3v) is 2.20. The second-order valence-corrected chi connectivity index (χ2v) is 3.05. The van der Waals surface area contributed by atoms with Crippen molar-refractivity contribution in [2.45, 2.75) is 25.5 Å². The van der Waals surface area contributed by atoms with Crippen LogP contribution in [0.5, 0.6) is 0 Å². The van der Waals surface area contributed by atoms with Crippen LogP contribution < -0.4 is 11.1 Å². The number of nitrogens with one attached hydrogen (secondary N) is 1. The minimum atomic E-state index is -1.08. The largest absolute Gasteiger partial charge is 0.367 e. The Labute approximate surface area is 70.2 Å². The van der Waals surface area contributed by atoms with E-state index in [4.69, 9.17) is 10.5 Å². The molecule has 0 spiro atoms. The van der Waals surface area contributed by atoms with Gasteiger partial charge in [0.2, 0.25) is 5.91 Å². The zero-order chi connectivity index (χ0) is 9.35. The van der Waals surface area contributed by atoms with Gasteiger partial charge in [0.1, 0.15) is 6.61 Å². The highest BCUT2D eigenvalue weighted by atomic mass is 16.5. The zero-order valence-electron chi connectivity index (χ0n) is 7.09. The van der Waals surface area contributed by atoms with E-state index in [0.717, 1.165) is 0 Å². The third kappa shape index (κ3) is 1.27. The number of hydrogen-bond donors (Lipinski definition) is 2. The van der Waals surface area contributed by atoms with Gasteiger partial charge in [-0.1, -0.05) is 0 Å². The van der Waals surface area contributed by atoms with Gasteiger partial charge in [0, 0.05) is 0 Å². The third-order valence-electron chi connectivity index (χ3n) is 2.20. The fourth-order valence-corrected chi connectivity index (χ4v) is 1.05. The quantitative estimate of drug-likeness (QED) is 0.519. The number of carbonyl (C=O) groups is 2. The molecule has 1 saturated heterocycles. The molecule has 0 bridgehead atoms. The Morgan fingerprint density at radius 2 is 2.42 bits per heavy atom. The van der Waals surface area contributed by atoms with Gasteiger partial charge >= 0.3 is 0 Å². The molecule has 5 nitrogen and oxygen atoms in total. The van der Waals surface area contributed by atoms with Crippen LogP contribution in [0.15, 0.2) is 0 Å². The standard InChI is InChI=1S/C7H12N2O3/c1-4-7(2,6(8)11)12-3-5(10)9-4/h4H,3H2,1-2H3,(H2,8,11)(H,9,10). The van der Waals surface area contributed by atoms with Crippen LogP contribution in [-0.4, -0.2) is 30.1 Å². The van der Waals surface area contributed by atoms with Gasteiger partial charge in [-0.25, -0.2) is 0 Å². The number of hydrogen-bond acceptors (Lipinski definition) is 3. The molecular formula is C7H12N2O3. The summed E-state index contributed by atoms with van der Waals surface area (Å²) in [7, 11) is 0. The molecule has 2 atom stereocenters. The van der Waals surface area contributed by atoms with E-state index >= 15 is 0 Å². The van der Waals surface area contributed by atoms with Crippen molar-refractivity contribution in [1.82, 2.24) is 5.32 Å². The van der Waals surface area contributed by atoms with Gasteiger partial charge < -0.3 is 15.8 Å². The highest BCUT2D eigenvalue weighted by Crippen LogP contribution is 2.18. The Morgan fingerprint density at radius 3 is 2.83 bits per heavy atom. The van der Waals surface area contributed by atoms with Gasteiger partial charge in [-0.2, -0.15) is 0 Å². The zero-order valence-corrected chi connectivity index (χ0v) is 7.09. The van der Waals surface area contributed by atoms with E-state index < -0.39 is 11.5 Å². The molecule has 2 amide bonds. The average Bonchev–Trinajstić information content (AvgIpc) is 1.97. The van der Waals surface area contributed by atoms with Crippen LogP contribution in [0.2, 0.25) is 0 Å². The van der Waals surface area contributed by atoms with Gasteiger partial charge in [0.25, 0.3) is 5.91 Å². The Kier molecular flexibility index (Phi) is 2.06. The Morgan fingerprint density at radius 1 is 1.83 bits per heavy atom. The molecule has 5 heteroatoms. The van der Waals surface area contributed by atoms with E-state index in [1.165, 1.54) is 0 Å². The number of rotatable bonds is 1. The van der Waals surface area contributed by atoms with Gasteiger partial charge in [-0.3, -0.25) is 9.59 Å². The van der Waals surface area contributed by atoms with Gasteiger partial charge in [-0.15, -0.1) is 0 Å². The molecule has 3 N–H and O–H groups in total. The van der Waals surface area contributed by atoms with Crippen molar-refractivity contribution >= 4 is 11.8 Å². The summed E-state index contributed by atoms with van der Waals surface area (Å²) in [4.78, 5) is 21.7. The topological polar surface area (TPSA) is 81.4 Å². The van der Waals surface area contributed by atoms with E-state index in [1.807, 2.05) is 0 Å². The molecule has 1 rings (SSSR count). The number of carbonyl (C=O) groups excluding carboxylic acids is 2. The number of nitrogens with two attached hydrogens (primary N) is 1. The summed E-state index contributed by atoms with van der Waals surface area (Å²) in [6, 6.07) is -0.378. The smallest absolute Gasteiger partial charge is 0.251 e. The molecule has 68 valence electrons. The van der Waals surface area contributed by atoms with Gasteiger partial charge in [-0.05, 0) is 13.8 Å². The Bertz CT molecular complexity index is 229. The number of amides is 2. The average molecular weight is 172 g/mol. The van der Waals surface area contributed by atoms with Crippen molar-refractivity contribution in [2.75, 3.05) is 6.61 Å². The summed E-state index contributed by atoms with van der Waals surface area (Å²) >= 11 is 0. The summed E-state index contributed by atoms with van der Waals surface area (Å²) in [5.41, 5.74) is 4.05. The van der Waals surface area contributed by atoms with Gasteiger partial charge in [0.05, 0.1) is 6.04 Å². The molecule has 1 aliphatic heterocycles. The summed E-state index contributed by atoms with van der Waals surface area (Å²) in [6.07, 6.45) is 0. The van der Waals surface area contributed by atoms with Crippen LogP contribution in [0, 0.1) is 0 Å². The molecular weight excluding hydrogens is 160 g/mol. The van der Waals surface area contributed by atoms with Gasteiger partial charge in [0.15, 0.2) is 5.60 Å². The fourth-order valence-electron chi connectivity index (χ4n) is 1.05. The fraction of sp³-hybridized carbons (Fsp3) is 0.714. The molecule has 0 saturated carbocycles. The number of ether oxygens (including phenoxy) is 1. The van der Waals surface area contributed by atoms with E-state index in [-0.39, 0.29) is 18.6 Å². The van der Waals surface area contributed by atoms with Crippen LogP contribution >= 0.6 is 0 Å².